The number of aliphatic hydroxyl groups is 1. The van der Waals surface area contributed by atoms with E-state index in [1.807, 2.05) is 19.1 Å². The molecule has 0 aliphatic carbocycles. The molecular weight excluding hydrogens is 318 g/mol. The molecule has 0 spiro atoms. The Morgan fingerprint density at radius 3 is 2.70 bits per heavy atom. The molecule has 2 atom stereocenters. The van der Waals surface area contributed by atoms with Crippen LogP contribution in [0.15, 0.2) is 22.7 Å². The van der Waals surface area contributed by atoms with Crippen LogP contribution in [0.1, 0.15) is 52.1 Å². The Kier molecular flexibility index (Phi) is 7.00. The Bertz CT molecular complexity index is 421. The second-order valence-electron chi connectivity index (χ2n) is 5.50. The van der Waals surface area contributed by atoms with E-state index in [1.54, 1.807) is 6.92 Å². The first-order chi connectivity index (χ1) is 9.39. The maximum Gasteiger partial charge on any atom is 0.124 e. The summed E-state index contributed by atoms with van der Waals surface area (Å²) in [6.07, 6.45) is 1.77. The first-order valence-electron chi connectivity index (χ1n) is 7.27. The number of hydrogen-bond acceptors (Lipinski definition) is 3. The number of halogens is 1. The summed E-state index contributed by atoms with van der Waals surface area (Å²) < 4.78 is 6.87. The fourth-order valence-electron chi connectivity index (χ4n) is 1.80. The third kappa shape index (κ3) is 5.43. The molecule has 0 aromatic heterocycles. The Morgan fingerprint density at radius 2 is 2.10 bits per heavy atom. The first-order valence-corrected chi connectivity index (χ1v) is 8.07. The Labute approximate surface area is 130 Å². The van der Waals surface area contributed by atoms with Crippen molar-refractivity contribution in [3.8, 4) is 5.75 Å². The van der Waals surface area contributed by atoms with Gasteiger partial charge in [-0.05, 0) is 51.4 Å². The zero-order chi connectivity index (χ0) is 15.2. The maximum atomic E-state index is 10.1. The molecule has 2 unspecified atom stereocenters. The zero-order valence-electron chi connectivity index (χ0n) is 12.9. The third-order valence-corrected chi connectivity index (χ3v) is 3.93. The van der Waals surface area contributed by atoms with E-state index in [4.69, 9.17) is 4.74 Å². The summed E-state index contributed by atoms with van der Waals surface area (Å²) in [6.45, 7) is 9.30. The van der Waals surface area contributed by atoms with Gasteiger partial charge in [-0.2, -0.15) is 0 Å². The van der Waals surface area contributed by atoms with Crippen molar-refractivity contribution in [2.45, 2.75) is 52.2 Å². The topological polar surface area (TPSA) is 41.5 Å². The van der Waals surface area contributed by atoms with Gasteiger partial charge in [-0.3, -0.25) is 0 Å². The molecule has 0 fully saturated rings. The molecule has 0 aliphatic heterocycles. The number of nitrogens with one attached hydrogen (secondary N) is 1. The molecule has 114 valence electrons. The lowest BCUT2D eigenvalue weighted by molar-refractivity contribution is 0.00804. The van der Waals surface area contributed by atoms with Crippen molar-refractivity contribution in [1.29, 1.82) is 0 Å². The van der Waals surface area contributed by atoms with Crippen molar-refractivity contribution in [3.63, 3.8) is 0 Å². The van der Waals surface area contributed by atoms with Gasteiger partial charge in [0.05, 0.1) is 5.60 Å². The Hall–Kier alpha value is -0.580. The minimum atomic E-state index is -0.787. The van der Waals surface area contributed by atoms with E-state index in [0.29, 0.717) is 13.0 Å². The van der Waals surface area contributed by atoms with Crippen molar-refractivity contribution in [1.82, 2.24) is 5.32 Å². The summed E-state index contributed by atoms with van der Waals surface area (Å²) in [6, 6.07) is 6.21. The SMILES string of the molecule is CCCNC(C)c1cc(Br)ccc1OCC(C)(O)CC. The molecule has 1 aromatic rings. The zero-order valence-corrected chi connectivity index (χ0v) is 14.5. The van der Waals surface area contributed by atoms with Gasteiger partial charge in [0.15, 0.2) is 0 Å². The van der Waals surface area contributed by atoms with E-state index in [-0.39, 0.29) is 6.04 Å². The summed E-state index contributed by atoms with van der Waals surface area (Å²) in [7, 11) is 0. The second-order valence-corrected chi connectivity index (χ2v) is 6.41. The average molecular weight is 344 g/mol. The molecule has 0 saturated carbocycles. The fraction of sp³-hybridized carbons (Fsp3) is 0.625. The molecule has 0 bridgehead atoms. The minimum absolute atomic E-state index is 0.217. The molecule has 0 saturated heterocycles. The second kappa shape index (κ2) is 8.01. The molecule has 20 heavy (non-hydrogen) atoms. The van der Waals surface area contributed by atoms with Crippen LogP contribution in [0.4, 0.5) is 0 Å². The molecule has 4 heteroatoms. The largest absolute Gasteiger partial charge is 0.490 e. The van der Waals surface area contributed by atoms with Crippen LogP contribution in [-0.2, 0) is 0 Å². The lowest BCUT2D eigenvalue weighted by Gasteiger charge is -2.24. The molecule has 0 radical (unpaired) electrons. The smallest absolute Gasteiger partial charge is 0.124 e. The van der Waals surface area contributed by atoms with Crippen molar-refractivity contribution in [2.24, 2.45) is 0 Å². The normalized spacial score (nSPS) is 15.7. The van der Waals surface area contributed by atoms with E-state index in [0.717, 1.165) is 28.8 Å². The first kappa shape index (κ1) is 17.5. The van der Waals surface area contributed by atoms with E-state index < -0.39 is 5.60 Å². The molecule has 0 heterocycles. The van der Waals surface area contributed by atoms with Gasteiger partial charge in [0.1, 0.15) is 12.4 Å². The quantitative estimate of drug-likeness (QED) is 0.748. The van der Waals surface area contributed by atoms with Crippen LogP contribution >= 0.6 is 15.9 Å². The molecule has 0 aliphatic rings. The summed E-state index contributed by atoms with van der Waals surface area (Å²) in [5.74, 6) is 0.832. The molecular formula is C16H26BrNO2. The van der Waals surface area contributed by atoms with E-state index in [2.05, 4.69) is 41.2 Å². The summed E-state index contributed by atoms with van der Waals surface area (Å²) in [5, 5.41) is 13.5. The highest BCUT2D eigenvalue weighted by atomic mass is 79.9. The molecule has 2 N–H and O–H groups in total. The monoisotopic (exact) mass is 343 g/mol. The predicted octanol–water partition coefficient (Wildman–Crippen LogP) is 4.05. The van der Waals surface area contributed by atoms with Gasteiger partial charge in [0.25, 0.3) is 0 Å². The Balaban J connectivity index is 2.84. The van der Waals surface area contributed by atoms with Crippen molar-refractivity contribution >= 4 is 15.9 Å². The van der Waals surface area contributed by atoms with Gasteiger partial charge < -0.3 is 15.2 Å². The van der Waals surface area contributed by atoms with Gasteiger partial charge in [-0.1, -0.05) is 29.8 Å². The number of ether oxygens (including phenoxy) is 1. The average Bonchev–Trinajstić information content (AvgIpc) is 2.43. The number of rotatable bonds is 8. The molecule has 3 nitrogen and oxygen atoms in total. The predicted molar refractivity (Wildman–Crippen MR) is 87.3 cm³/mol. The van der Waals surface area contributed by atoms with Gasteiger partial charge in [0.2, 0.25) is 0 Å². The van der Waals surface area contributed by atoms with Gasteiger partial charge >= 0.3 is 0 Å². The van der Waals surface area contributed by atoms with Crippen LogP contribution in [0.5, 0.6) is 5.75 Å². The van der Waals surface area contributed by atoms with E-state index in [1.165, 1.54) is 0 Å². The summed E-state index contributed by atoms with van der Waals surface area (Å²) in [4.78, 5) is 0. The van der Waals surface area contributed by atoms with Crippen LogP contribution in [0.2, 0.25) is 0 Å². The number of hydrogen-bond donors (Lipinski definition) is 2. The van der Waals surface area contributed by atoms with E-state index >= 15 is 0 Å². The lowest BCUT2D eigenvalue weighted by Crippen LogP contribution is -2.31. The lowest BCUT2D eigenvalue weighted by atomic mass is 10.0. The summed E-state index contributed by atoms with van der Waals surface area (Å²) in [5.41, 5.74) is 0.324. The maximum absolute atomic E-state index is 10.1. The van der Waals surface area contributed by atoms with Gasteiger partial charge in [0, 0.05) is 16.1 Å². The molecule has 1 aromatic carbocycles. The van der Waals surface area contributed by atoms with Crippen molar-refractivity contribution in [2.75, 3.05) is 13.2 Å². The van der Waals surface area contributed by atoms with E-state index in [9.17, 15) is 5.11 Å². The molecule has 1 rings (SSSR count). The molecule has 0 amide bonds. The van der Waals surface area contributed by atoms with Crippen molar-refractivity contribution < 1.29 is 9.84 Å². The van der Waals surface area contributed by atoms with Crippen LogP contribution < -0.4 is 10.1 Å². The van der Waals surface area contributed by atoms with Gasteiger partial charge in [-0.15, -0.1) is 0 Å². The standard InChI is InChI=1S/C16H26BrNO2/c1-5-9-18-12(3)14-10-13(17)7-8-15(14)20-11-16(4,19)6-2/h7-8,10,12,18-19H,5-6,9,11H2,1-4H3. The fourth-order valence-corrected chi connectivity index (χ4v) is 2.17. The van der Waals surface area contributed by atoms with Crippen LogP contribution in [-0.4, -0.2) is 23.9 Å². The van der Waals surface area contributed by atoms with Gasteiger partial charge in [-0.25, -0.2) is 0 Å². The highest BCUT2D eigenvalue weighted by Gasteiger charge is 2.20. The van der Waals surface area contributed by atoms with Crippen LogP contribution in [0.25, 0.3) is 0 Å². The Morgan fingerprint density at radius 1 is 1.40 bits per heavy atom. The minimum Gasteiger partial charge on any atom is -0.490 e. The number of benzene rings is 1. The van der Waals surface area contributed by atoms with Crippen LogP contribution in [0.3, 0.4) is 0 Å². The highest BCUT2D eigenvalue weighted by Crippen LogP contribution is 2.29. The van der Waals surface area contributed by atoms with Crippen molar-refractivity contribution in [3.05, 3.63) is 28.2 Å². The third-order valence-electron chi connectivity index (χ3n) is 3.44. The highest BCUT2D eigenvalue weighted by molar-refractivity contribution is 9.10. The summed E-state index contributed by atoms with van der Waals surface area (Å²) >= 11 is 3.50. The van der Waals surface area contributed by atoms with Crippen LogP contribution in [0, 0.1) is 0 Å².